The molecule has 6 nitrogen and oxygen atoms in total. The number of benzene rings is 1. The number of hydrogen-bond acceptors (Lipinski definition) is 5. The zero-order valence-corrected chi connectivity index (χ0v) is 16.6. The summed E-state index contributed by atoms with van der Waals surface area (Å²) in [5.74, 6) is 2.58. The Morgan fingerprint density at radius 2 is 1.69 bits per heavy atom. The van der Waals surface area contributed by atoms with Gasteiger partial charge < -0.3 is 24.4 Å². The molecule has 1 heterocycles. The van der Waals surface area contributed by atoms with Gasteiger partial charge in [0.2, 0.25) is 5.75 Å². The Balaban J connectivity index is 1.92. The smallest absolute Gasteiger partial charge is 0.251 e. The predicted octanol–water partition coefficient (Wildman–Crippen LogP) is 2.81. The molecule has 1 amide bonds. The van der Waals surface area contributed by atoms with Crippen LogP contribution in [0.5, 0.6) is 17.2 Å². The van der Waals surface area contributed by atoms with Crippen molar-refractivity contribution in [3.63, 3.8) is 0 Å². The molecule has 0 radical (unpaired) electrons. The van der Waals surface area contributed by atoms with Crippen molar-refractivity contribution in [1.82, 2.24) is 10.2 Å². The average Bonchev–Trinajstić information content (AvgIpc) is 2.65. The van der Waals surface area contributed by atoms with Crippen molar-refractivity contribution in [2.75, 3.05) is 47.5 Å². The van der Waals surface area contributed by atoms with Gasteiger partial charge in [-0.05, 0) is 49.9 Å². The number of ether oxygens (including phenoxy) is 3. The molecule has 0 saturated carbocycles. The second-order valence-electron chi connectivity index (χ2n) is 7.26. The Labute approximate surface area is 156 Å². The molecule has 1 aliphatic rings. The highest BCUT2D eigenvalue weighted by molar-refractivity contribution is 5.95. The number of likely N-dealkylation sites (tertiary alicyclic amines) is 1. The Kier molecular flexibility index (Phi) is 7.57. The number of nitrogens with zero attached hydrogens (tertiary/aromatic N) is 1. The zero-order chi connectivity index (χ0) is 19.1. The molecule has 0 bridgehead atoms. The number of rotatable bonds is 8. The van der Waals surface area contributed by atoms with Crippen molar-refractivity contribution in [1.29, 1.82) is 0 Å². The van der Waals surface area contributed by atoms with Crippen molar-refractivity contribution < 1.29 is 19.0 Å². The molecule has 0 unspecified atom stereocenters. The highest BCUT2D eigenvalue weighted by atomic mass is 16.5. The highest BCUT2D eigenvalue weighted by Crippen LogP contribution is 2.38. The van der Waals surface area contributed by atoms with Crippen LogP contribution in [-0.2, 0) is 0 Å². The quantitative estimate of drug-likeness (QED) is 0.769. The van der Waals surface area contributed by atoms with Gasteiger partial charge in [-0.2, -0.15) is 0 Å². The molecule has 6 heteroatoms. The average molecular weight is 364 g/mol. The topological polar surface area (TPSA) is 60.0 Å². The van der Waals surface area contributed by atoms with Crippen LogP contribution in [0.15, 0.2) is 12.1 Å². The summed E-state index contributed by atoms with van der Waals surface area (Å²) in [6, 6.07) is 3.36. The molecule has 0 aromatic heterocycles. The molecule has 2 rings (SSSR count). The first kappa shape index (κ1) is 20.4. The molecule has 26 heavy (non-hydrogen) atoms. The first-order chi connectivity index (χ1) is 12.5. The van der Waals surface area contributed by atoms with Gasteiger partial charge in [0.25, 0.3) is 5.91 Å². The minimum atomic E-state index is -0.117. The van der Waals surface area contributed by atoms with Crippen molar-refractivity contribution in [2.24, 2.45) is 11.8 Å². The molecular weight excluding hydrogens is 332 g/mol. The van der Waals surface area contributed by atoms with E-state index in [1.54, 1.807) is 33.5 Å². The number of piperidine rings is 1. The van der Waals surface area contributed by atoms with Gasteiger partial charge in [-0.25, -0.2) is 0 Å². The number of methoxy groups -OCH3 is 3. The van der Waals surface area contributed by atoms with Crippen molar-refractivity contribution in [2.45, 2.75) is 26.7 Å². The Morgan fingerprint density at radius 3 is 2.15 bits per heavy atom. The molecule has 146 valence electrons. The molecule has 1 aromatic carbocycles. The summed E-state index contributed by atoms with van der Waals surface area (Å²) < 4.78 is 15.9. The Hall–Kier alpha value is -1.95. The van der Waals surface area contributed by atoms with Crippen LogP contribution in [0.25, 0.3) is 0 Å². The van der Waals surface area contributed by atoms with E-state index in [-0.39, 0.29) is 5.91 Å². The van der Waals surface area contributed by atoms with E-state index in [0.717, 1.165) is 32.5 Å². The fourth-order valence-corrected chi connectivity index (χ4v) is 3.44. The summed E-state index contributed by atoms with van der Waals surface area (Å²) in [5, 5.41) is 3.05. The minimum Gasteiger partial charge on any atom is -0.493 e. The van der Waals surface area contributed by atoms with Crippen LogP contribution in [0, 0.1) is 11.8 Å². The lowest BCUT2D eigenvalue weighted by atomic mass is 9.96. The van der Waals surface area contributed by atoms with Gasteiger partial charge in [0, 0.05) is 18.7 Å². The molecule has 1 N–H and O–H groups in total. The van der Waals surface area contributed by atoms with Gasteiger partial charge in [-0.15, -0.1) is 0 Å². The van der Waals surface area contributed by atoms with Crippen LogP contribution in [-0.4, -0.2) is 58.3 Å². The number of amides is 1. The standard InChI is InChI=1S/C20H32N2O4/c1-14(2)13-22-8-6-15(7-9-22)12-21-20(23)16-10-17(24-3)19(26-5)18(11-16)25-4/h10-11,14-15H,6-9,12-13H2,1-5H3,(H,21,23). The van der Waals surface area contributed by atoms with E-state index in [2.05, 4.69) is 24.1 Å². The van der Waals surface area contributed by atoms with Crippen molar-refractivity contribution in [3.8, 4) is 17.2 Å². The second kappa shape index (κ2) is 9.67. The Bertz CT molecular complexity index is 570. The van der Waals surface area contributed by atoms with E-state index in [9.17, 15) is 4.79 Å². The summed E-state index contributed by atoms with van der Waals surface area (Å²) in [6.45, 7) is 8.59. The third kappa shape index (κ3) is 5.27. The maximum Gasteiger partial charge on any atom is 0.251 e. The number of carbonyl (C=O) groups excluding carboxylic acids is 1. The molecule has 1 saturated heterocycles. The number of nitrogens with one attached hydrogen (secondary N) is 1. The van der Waals surface area contributed by atoms with Gasteiger partial charge >= 0.3 is 0 Å². The van der Waals surface area contributed by atoms with Gasteiger partial charge in [0.1, 0.15) is 0 Å². The highest BCUT2D eigenvalue weighted by Gasteiger charge is 2.21. The third-order valence-corrected chi connectivity index (χ3v) is 4.81. The summed E-state index contributed by atoms with van der Waals surface area (Å²) in [7, 11) is 4.64. The normalized spacial score (nSPS) is 15.8. The maximum absolute atomic E-state index is 12.6. The second-order valence-corrected chi connectivity index (χ2v) is 7.26. The van der Waals surface area contributed by atoms with E-state index in [4.69, 9.17) is 14.2 Å². The van der Waals surface area contributed by atoms with Gasteiger partial charge in [0.05, 0.1) is 21.3 Å². The largest absolute Gasteiger partial charge is 0.493 e. The van der Waals surface area contributed by atoms with Gasteiger partial charge in [-0.1, -0.05) is 13.8 Å². The van der Waals surface area contributed by atoms with Crippen molar-refractivity contribution in [3.05, 3.63) is 17.7 Å². The van der Waals surface area contributed by atoms with Crippen LogP contribution in [0.4, 0.5) is 0 Å². The molecule has 0 atom stereocenters. The van der Waals surface area contributed by atoms with Crippen molar-refractivity contribution >= 4 is 5.91 Å². The molecule has 1 aliphatic heterocycles. The summed E-state index contributed by atoms with van der Waals surface area (Å²) in [5.41, 5.74) is 0.511. The van der Waals surface area contributed by atoms with Crippen LogP contribution in [0.3, 0.4) is 0 Å². The van der Waals surface area contributed by atoms with Gasteiger partial charge in [0.15, 0.2) is 11.5 Å². The molecule has 0 aliphatic carbocycles. The molecule has 1 aromatic rings. The lowest BCUT2D eigenvalue weighted by Gasteiger charge is -2.33. The minimum absolute atomic E-state index is 0.117. The fraction of sp³-hybridized carbons (Fsp3) is 0.650. The summed E-state index contributed by atoms with van der Waals surface area (Å²) in [4.78, 5) is 15.1. The van der Waals surface area contributed by atoms with E-state index >= 15 is 0 Å². The van der Waals surface area contributed by atoms with Crippen LogP contribution in [0.2, 0.25) is 0 Å². The predicted molar refractivity (Wildman–Crippen MR) is 102 cm³/mol. The molecular formula is C20H32N2O4. The molecule has 1 fully saturated rings. The summed E-state index contributed by atoms with van der Waals surface area (Å²) >= 11 is 0. The monoisotopic (exact) mass is 364 g/mol. The van der Waals surface area contributed by atoms with E-state index < -0.39 is 0 Å². The van der Waals surface area contributed by atoms with E-state index in [1.165, 1.54) is 0 Å². The Morgan fingerprint density at radius 1 is 1.12 bits per heavy atom. The number of carbonyl (C=O) groups is 1. The van der Waals surface area contributed by atoms with E-state index in [1.807, 2.05) is 0 Å². The summed E-state index contributed by atoms with van der Waals surface area (Å²) in [6.07, 6.45) is 2.25. The van der Waals surface area contributed by atoms with Crippen LogP contribution >= 0.6 is 0 Å². The first-order valence-corrected chi connectivity index (χ1v) is 9.29. The maximum atomic E-state index is 12.6. The third-order valence-electron chi connectivity index (χ3n) is 4.81. The van der Waals surface area contributed by atoms with E-state index in [0.29, 0.717) is 41.2 Å². The van der Waals surface area contributed by atoms with Crippen LogP contribution < -0.4 is 19.5 Å². The fourth-order valence-electron chi connectivity index (χ4n) is 3.44. The first-order valence-electron chi connectivity index (χ1n) is 9.29. The zero-order valence-electron chi connectivity index (χ0n) is 16.6. The lowest BCUT2D eigenvalue weighted by Crippen LogP contribution is -2.40. The van der Waals surface area contributed by atoms with Crippen LogP contribution in [0.1, 0.15) is 37.0 Å². The lowest BCUT2D eigenvalue weighted by molar-refractivity contribution is 0.0933. The number of hydrogen-bond donors (Lipinski definition) is 1. The van der Waals surface area contributed by atoms with Gasteiger partial charge in [-0.3, -0.25) is 4.79 Å². The molecule has 0 spiro atoms. The SMILES string of the molecule is COc1cc(C(=O)NCC2CCN(CC(C)C)CC2)cc(OC)c1OC.